The number of halogens is 3. The van der Waals surface area contributed by atoms with E-state index in [1.54, 1.807) is 26.0 Å². The summed E-state index contributed by atoms with van der Waals surface area (Å²) >= 11 is 0. The van der Waals surface area contributed by atoms with Crippen LogP contribution in [0.15, 0.2) is 28.8 Å². The maximum atomic E-state index is 12.9. The van der Waals surface area contributed by atoms with Gasteiger partial charge in [0.25, 0.3) is 0 Å². The second-order valence-electron chi connectivity index (χ2n) is 6.61. The maximum absolute atomic E-state index is 12.9. The Morgan fingerprint density at radius 3 is 2.48 bits per heavy atom. The summed E-state index contributed by atoms with van der Waals surface area (Å²) in [4.78, 5) is 0. The molecule has 0 spiro atoms. The zero-order valence-corrected chi connectivity index (χ0v) is 14.8. The first-order chi connectivity index (χ1) is 12.7. The second kappa shape index (κ2) is 7.63. The Hall–Kier alpha value is -1.88. The molecule has 1 aromatic carbocycles. The largest absolute Gasteiger partial charge is 0.494 e. The van der Waals surface area contributed by atoms with Gasteiger partial charge in [0, 0.05) is 17.9 Å². The smallest absolute Gasteiger partial charge is 0.423 e. The molecule has 1 saturated heterocycles. The highest BCUT2D eigenvalue weighted by atomic mass is 19.4. The van der Waals surface area contributed by atoms with Gasteiger partial charge in [-0.1, -0.05) is 29.4 Å². The van der Waals surface area contributed by atoms with Crippen molar-refractivity contribution in [3.8, 4) is 0 Å². The molecule has 4 rings (SSSR count). The Balaban J connectivity index is 0.000000180. The lowest BCUT2D eigenvalue weighted by Gasteiger charge is -2.31. The van der Waals surface area contributed by atoms with Gasteiger partial charge in [0.15, 0.2) is 0 Å². The van der Waals surface area contributed by atoms with Crippen molar-refractivity contribution >= 4 is 12.6 Å². The van der Waals surface area contributed by atoms with Crippen molar-refractivity contribution in [2.75, 3.05) is 6.54 Å². The Morgan fingerprint density at radius 1 is 1.22 bits per heavy atom. The first-order valence-electron chi connectivity index (χ1n) is 8.48. The van der Waals surface area contributed by atoms with Crippen LogP contribution < -0.4 is 10.8 Å². The molecule has 0 bridgehead atoms. The summed E-state index contributed by atoms with van der Waals surface area (Å²) in [5, 5.41) is 23.5. The lowest BCUT2D eigenvalue weighted by Crippen LogP contribution is -2.42. The highest BCUT2D eigenvalue weighted by Gasteiger charge is 2.53. The molecule has 0 saturated carbocycles. The molecule has 0 aliphatic carbocycles. The fraction of sp³-hybridized carbons (Fsp3) is 0.471. The van der Waals surface area contributed by atoms with E-state index < -0.39 is 25.3 Å². The minimum Gasteiger partial charge on any atom is -0.423 e. The Labute approximate surface area is 154 Å². The van der Waals surface area contributed by atoms with Crippen molar-refractivity contribution in [3.05, 3.63) is 46.8 Å². The summed E-state index contributed by atoms with van der Waals surface area (Å²) in [7, 11) is -1.48. The third-order valence-electron chi connectivity index (χ3n) is 4.87. The molecule has 3 heterocycles. The normalized spacial score (nSPS) is 23.9. The highest BCUT2D eigenvalue weighted by Crippen LogP contribution is 2.42. The molecule has 3 atom stereocenters. The number of ether oxygens (including phenoxy) is 1. The molecule has 3 N–H and O–H groups in total. The van der Waals surface area contributed by atoms with E-state index in [-0.39, 0.29) is 12.6 Å². The molecule has 2 aliphatic rings. The lowest BCUT2D eigenvalue weighted by atomic mass is 9.79. The van der Waals surface area contributed by atoms with E-state index in [0.29, 0.717) is 23.5 Å². The molecule has 146 valence electrons. The lowest BCUT2D eigenvalue weighted by molar-refractivity contribution is -0.159. The van der Waals surface area contributed by atoms with E-state index in [1.807, 2.05) is 12.1 Å². The van der Waals surface area contributed by atoms with Crippen LogP contribution in [0, 0.1) is 13.8 Å². The number of fused-ring (bicyclic) bond motifs is 3. The zero-order valence-electron chi connectivity index (χ0n) is 14.8. The predicted octanol–water partition coefficient (Wildman–Crippen LogP) is 1.17. The molecule has 3 unspecified atom stereocenters. The monoisotopic (exact) mass is 384 g/mol. The number of aromatic nitrogens is 1. The molecule has 10 heteroatoms. The van der Waals surface area contributed by atoms with Gasteiger partial charge >= 0.3 is 13.3 Å². The van der Waals surface area contributed by atoms with Crippen LogP contribution in [0.4, 0.5) is 13.2 Å². The Morgan fingerprint density at radius 2 is 1.93 bits per heavy atom. The van der Waals surface area contributed by atoms with Gasteiger partial charge in [-0.3, -0.25) is 0 Å². The minimum atomic E-state index is -4.23. The Kier molecular flexibility index (Phi) is 5.62. The van der Waals surface area contributed by atoms with Crippen molar-refractivity contribution in [2.24, 2.45) is 0 Å². The minimum absolute atomic E-state index is 0.267. The van der Waals surface area contributed by atoms with Crippen LogP contribution >= 0.6 is 0 Å². The number of hydrogen-bond acceptors (Lipinski definition) is 6. The molecule has 0 amide bonds. The van der Waals surface area contributed by atoms with E-state index in [0.717, 1.165) is 11.1 Å². The van der Waals surface area contributed by atoms with Crippen LogP contribution in [0.1, 0.15) is 28.5 Å². The standard InChI is InChI=1S/C12H12F3NO.C5H8BNO3/c13-12(14,15)11-10-8-4-2-1-3-7(8)6-17-9(10)5-16-11;1-3-5(6(8)9)4(2)10-7-3/h1-4,9-11,16H,5-6H2;8-9H,1-2H3. The van der Waals surface area contributed by atoms with Crippen LogP contribution in [0.5, 0.6) is 0 Å². The first-order valence-corrected chi connectivity index (χ1v) is 8.48. The maximum Gasteiger partial charge on any atom is 0.494 e. The summed E-state index contributed by atoms with van der Waals surface area (Å²) < 4.78 is 48.9. The van der Waals surface area contributed by atoms with E-state index >= 15 is 0 Å². The van der Waals surface area contributed by atoms with Gasteiger partial charge in [0.2, 0.25) is 0 Å². The van der Waals surface area contributed by atoms with Crippen molar-refractivity contribution < 1.29 is 32.5 Å². The quantitative estimate of drug-likeness (QED) is 0.640. The third kappa shape index (κ3) is 4.03. The fourth-order valence-electron chi connectivity index (χ4n) is 3.62. The Bertz CT molecular complexity index is 777. The van der Waals surface area contributed by atoms with Gasteiger partial charge in [-0.15, -0.1) is 0 Å². The van der Waals surface area contributed by atoms with Crippen LogP contribution in [0.2, 0.25) is 0 Å². The van der Waals surface area contributed by atoms with Gasteiger partial charge in [0.05, 0.1) is 18.4 Å². The van der Waals surface area contributed by atoms with Gasteiger partial charge in [-0.05, 0) is 25.0 Å². The zero-order chi connectivity index (χ0) is 19.8. The number of hydrogen-bond donors (Lipinski definition) is 3. The highest BCUT2D eigenvalue weighted by molar-refractivity contribution is 6.59. The molecule has 6 nitrogen and oxygen atoms in total. The average molecular weight is 384 g/mol. The number of nitrogens with one attached hydrogen (secondary N) is 1. The SMILES string of the molecule is Cc1noc(C)c1B(O)O.FC(F)(F)C1NCC2OCc3ccccc3C21. The number of alkyl halides is 3. The first kappa shape index (κ1) is 19.9. The molecular formula is C17H20BF3N2O4. The van der Waals surface area contributed by atoms with Gasteiger partial charge < -0.3 is 24.6 Å². The number of benzene rings is 1. The number of aryl methyl sites for hydroxylation is 2. The molecule has 1 fully saturated rings. The molecule has 2 aliphatic heterocycles. The topological polar surface area (TPSA) is 87.8 Å². The van der Waals surface area contributed by atoms with E-state index in [1.165, 1.54) is 0 Å². The molecule has 2 aromatic rings. The van der Waals surface area contributed by atoms with Gasteiger partial charge in [-0.25, -0.2) is 0 Å². The number of rotatable bonds is 1. The predicted molar refractivity (Wildman–Crippen MR) is 91.4 cm³/mol. The van der Waals surface area contributed by atoms with E-state index in [2.05, 4.69) is 15.0 Å². The van der Waals surface area contributed by atoms with Crippen molar-refractivity contribution in [1.82, 2.24) is 10.5 Å². The number of nitrogens with zero attached hydrogens (tertiary/aromatic N) is 1. The van der Waals surface area contributed by atoms with Crippen molar-refractivity contribution in [2.45, 2.75) is 44.7 Å². The van der Waals surface area contributed by atoms with E-state index in [9.17, 15) is 13.2 Å². The molecule has 27 heavy (non-hydrogen) atoms. The van der Waals surface area contributed by atoms with Crippen LogP contribution in [0.25, 0.3) is 0 Å². The second-order valence-corrected chi connectivity index (χ2v) is 6.61. The summed E-state index contributed by atoms with van der Waals surface area (Å²) in [5.74, 6) is -0.160. The van der Waals surface area contributed by atoms with E-state index in [4.69, 9.17) is 14.8 Å². The van der Waals surface area contributed by atoms with Crippen LogP contribution in [-0.4, -0.2) is 47.2 Å². The average Bonchev–Trinajstić information content (AvgIpc) is 3.18. The van der Waals surface area contributed by atoms with Crippen molar-refractivity contribution in [3.63, 3.8) is 0 Å². The summed E-state index contributed by atoms with van der Waals surface area (Å²) in [6, 6.07) is 5.73. The summed E-state index contributed by atoms with van der Waals surface area (Å²) in [6.45, 7) is 3.97. The van der Waals surface area contributed by atoms with Crippen LogP contribution in [0.3, 0.4) is 0 Å². The fourth-order valence-corrected chi connectivity index (χ4v) is 3.62. The molecular weight excluding hydrogens is 364 g/mol. The van der Waals surface area contributed by atoms with Gasteiger partial charge in [-0.2, -0.15) is 13.2 Å². The molecule has 1 aromatic heterocycles. The van der Waals surface area contributed by atoms with Gasteiger partial charge in [0.1, 0.15) is 11.8 Å². The summed E-state index contributed by atoms with van der Waals surface area (Å²) in [5.41, 5.74) is 2.52. The molecule has 0 radical (unpaired) electrons. The van der Waals surface area contributed by atoms with Crippen molar-refractivity contribution in [1.29, 1.82) is 0 Å². The summed E-state index contributed by atoms with van der Waals surface area (Å²) in [6.07, 6.45) is -4.59. The third-order valence-corrected chi connectivity index (χ3v) is 4.87. The van der Waals surface area contributed by atoms with Crippen LogP contribution in [-0.2, 0) is 11.3 Å².